The Morgan fingerprint density at radius 3 is 3.00 bits per heavy atom. The molecule has 2 aliphatic heterocycles. The van der Waals surface area contributed by atoms with Crippen molar-refractivity contribution in [2.24, 2.45) is 0 Å². The first kappa shape index (κ1) is 17.4. The fourth-order valence-corrected chi connectivity index (χ4v) is 3.80. The third-order valence-corrected chi connectivity index (χ3v) is 5.06. The average molecular weight is 360 g/mol. The molecule has 0 N–H and O–H groups in total. The van der Waals surface area contributed by atoms with Crippen LogP contribution in [0.1, 0.15) is 38.3 Å². The number of aromatic nitrogens is 3. The molecule has 1 atom stereocenters. The molecule has 0 saturated carbocycles. The van der Waals surface area contributed by atoms with E-state index in [2.05, 4.69) is 35.0 Å². The van der Waals surface area contributed by atoms with E-state index in [9.17, 15) is 4.39 Å². The number of pyridine rings is 1. The van der Waals surface area contributed by atoms with Crippen LogP contribution >= 0.6 is 0 Å². The van der Waals surface area contributed by atoms with Gasteiger partial charge in [-0.2, -0.15) is 5.10 Å². The normalized spacial score (nSPS) is 22.5. The summed E-state index contributed by atoms with van der Waals surface area (Å²) < 4.78 is 27.6. The Labute approximate surface area is 152 Å². The van der Waals surface area contributed by atoms with Gasteiger partial charge in [0.2, 0.25) is 0 Å². The fraction of sp³-hybridized carbons (Fsp3) is 0.579. The smallest absolute Gasteiger partial charge is 0.250 e. The first-order chi connectivity index (χ1) is 12.5. The van der Waals surface area contributed by atoms with Crippen LogP contribution in [-0.2, 0) is 11.3 Å². The maximum absolute atomic E-state index is 13.8. The second-order valence-electron chi connectivity index (χ2n) is 7.62. The molecule has 0 bridgehead atoms. The summed E-state index contributed by atoms with van der Waals surface area (Å²) in [5.41, 5.74) is 1.04. The molecular weight excluding hydrogens is 335 g/mol. The van der Waals surface area contributed by atoms with Crippen molar-refractivity contribution in [3.63, 3.8) is 0 Å². The average Bonchev–Trinajstić information content (AvgIpc) is 3.05. The molecule has 0 aromatic carbocycles. The Hall–Kier alpha value is -1.99. The number of likely N-dealkylation sites (tertiary alicyclic amines) is 1. The van der Waals surface area contributed by atoms with Crippen molar-refractivity contribution in [1.29, 1.82) is 0 Å². The summed E-state index contributed by atoms with van der Waals surface area (Å²) in [6, 6.07) is 3.32. The molecule has 1 spiro atoms. The highest BCUT2D eigenvalue weighted by molar-refractivity contribution is 5.14. The van der Waals surface area contributed by atoms with Crippen LogP contribution in [0, 0.1) is 5.82 Å². The van der Waals surface area contributed by atoms with Gasteiger partial charge < -0.3 is 9.47 Å². The standard InChI is InChI=1S/C19H25FN4O2/c1-14(2)24-11-15(9-22-24)10-23-12-19(13-23)8-16(5-7-25-19)26-18-17(20)4-3-6-21-18/h3-4,6,9,11,14,16H,5,7-8,10,12-13H2,1-2H3/t16-/m1/s1. The maximum atomic E-state index is 13.8. The molecule has 26 heavy (non-hydrogen) atoms. The molecule has 2 aromatic heterocycles. The van der Waals surface area contributed by atoms with Crippen molar-refractivity contribution >= 4 is 0 Å². The Bertz CT molecular complexity index is 758. The summed E-state index contributed by atoms with van der Waals surface area (Å²) >= 11 is 0. The molecule has 2 saturated heterocycles. The highest BCUT2D eigenvalue weighted by atomic mass is 19.1. The zero-order valence-electron chi connectivity index (χ0n) is 15.3. The van der Waals surface area contributed by atoms with Gasteiger partial charge >= 0.3 is 0 Å². The van der Waals surface area contributed by atoms with Gasteiger partial charge in [0.1, 0.15) is 6.10 Å². The van der Waals surface area contributed by atoms with Crippen molar-refractivity contribution < 1.29 is 13.9 Å². The van der Waals surface area contributed by atoms with E-state index in [1.165, 1.54) is 11.6 Å². The lowest BCUT2D eigenvalue weighted by molar-refractivity contribution is -0.188. The Morgan fingerprint density at radius 1 is 1.42 bits per heavy atom. The highest BCUT2D eigenvalue weighted by Gasteiger charge is 2.48. The van der Waals surface area contributed by atoms with Crippen molar-refractivity contribution in [2.45, 2.75) is 51.0 Å². The van der Waals surface area contributed by atoms with E-state index < -0.39 is 5.82 Å². The molecule has 140 valence electrons. The van der Waals surface area contributed by atoms with Gasteiger partial charge in [-0.25, -0.2) is 9.37 Å². The van der Waals surface area contributed by atoms with Gasteiger partial charge in [0.25, 0.3) is 5.88 Å². The van der Waals surface area contributed by atoms with Gasteiger partial charge in [0.05, 0.1) is 18.4 Å². The first-order valence-electron chi connectivity index (χ1n) is 9.19. The number of halogens is 1. The van der Waals surface area contributed by atoms with E-state index in [4.69, 9.17) is 9.47 Å². The van der Waals surface area contributed by atoms with Crippen LogP contribution in [0.4, 0.5) is 4.39 Å². The molecular formula is C19H25FN4O2. The molecule has 2 aromatic rings. The SMILES string of the molecule is CC(C)n1cc(CN2CC3(C[C@H](Oc4ncccc4F)CCO3)C2)cn1. The van der Waals surface area contributed by atoms with E-state index in [1.807, 2.05) is 10.9 Å². The summed E-state index contributed by atoms with van der Waals surface area (Å²) in [4.78, 5) is 6.35. The zero-order chi connectivity index (χ0) is 18.1. The van der Waals surface area contributed by atoms with Crippen LogP contribution in [0.3, 0.4) is 0 Å². The third-order valence-electron chi connectivity index (χ3n) is 5.06. The van der Waals surface area contributed by atoms with Crippen LogP contribution in [0.2, 0.25) is 0 Å². The number of rotatable bonds is 5. The lowest BCUT2D eigenvalue weighted by atomic mass is 9.84. The minimum atomic E-state index is -0.412. The molecule has 7 heteroatoms. The number of ether oxygens (including phenoxy) is 2. The van der Waals surface area contributed by atoms with Crippen LogP contribution < -0.4 is 4.74 Å². The number of nitrogens with zero attached hydrogens (tertiary/aromatic N) is 4. The maximum Gasteiger partial charge on any atom is 0.250 e. The van der Waals surface area contributed by atoms with Gasteiger partial charge in [0, 0.05) is 56.5 Å². The lowest BCUT2D eigenvalue weighted by Crippen LogP contribution is -2.65. The quantitative estimate of drug-likeness (QED) is 0.821. The van der Waals surface area contributed by atoms with Crippen molar-refractivity contribution in [3.8, 4) is 5.88 Å². The van der Waals surface area contributed by atoms with Gasteiger partial charge in [-0.1, -0.05) is 0 Å². The molecule has 6 nitrogen and oxygen atoms in total. The molecule has 0 unspecified atom stereocenters. The minimum absolute atomic E-state index is 0.0565. The summed E-state index contributed by atoms with van der Waals surface area (Å²) in [5, 5.41) is 4.39. The molecule has 4 heterocycles. The van der Waals surface area contributed by atoms with E-state index >= 15 is 0 Å². The predicted octanol–water partition coefficient (Wildman–Crippen LogP) is 2.81. The first-order valence-corrected chi connectivity index (χ1v) is 9.19. The van der Waals surface area contributed by atoms with Crippen molar-refractivity contribution in [2.75, 3.05) is 19.7 Å². The van der Waals surface area contributed by atoms with Gasteiger partial charge in [0.15, 0.2) is 5.82 Å². The monoisotopic (exact) mass is 360 g/mol. The van der Waals surface area contributed by atoms with Crippen LogP contribution in [0.15, 0.2) is 30.7 Å². The summed E-state index contributed by atoms with van der Waals surface area (Å²) in [6.07, 6.45) is 7.06. The van der Waals surface area contributed by atoms with Gasteiger partial charge in [-0.05, 0) is 26.0 Å². The highest BCUT2D eigenvalue weighted by Crippen LogP contribution is 2.36. The van der Waals surface area contributed by atoms with E-state index in [1.54, 1.807) is 12.3 Å². The van der Waals surface area contributed by atoms with Crippen LogP contribution in [-0.4, -0.2) is 51.1 Å². The van der Waals surface area contributed by atoms with E-state index in [0.717, 1.165) is 32.5 Å². The fourth-order valence-electron chi connectivity index (χ4n) is 3.80. The third kappa shape index (κ3) is 3.59. The minimum Gasteiger partial charge on any atom is -0.472 e. The number of hydrogen-bond acceptors (Lipinski definition) is 5. The second kappa shape index (κ2) is 6.96. The lowest BCUT2D eigenvalue weighted by Gasteiger charge is -2.53. The van der Waals surface area contributed by atoms with Gasteiger partial charge in [-0.3, -0.25) is 9.58 Å². The summed E-state index contributed by atoms with van der Waals surface area (Å²) in [5.74, 6) is -0.322. The van der Waals surface area contributed by atoms with Crippen LogP contribution in [0.25, 0.3) is 0 Å². The zero-order valence-corrected chi connectivity index (χ0v) is 15.3. The summed E-state index contributed by atoms with van der Waals surface area (Å²) in [7, 11) is 0. The van der Waals surface area contributed by atoms with Gasteiger partial charge in [-0.15, -0.1) is 0 Å². The predicted molar refractivity (Wildman–Crippen MR) is 94.4 cm³/mol. The molecule has 2 aliphatic rings. The Morgan fingerprint density at radius 2 is 2.27 bits per heavy atom. The largest absolute Gasteiger partial charge is 0.472 e. The molecule has 0 radical (unpaired) electrons. The molecule has 0 amide bonds. The van der Waals surface area contributed by atoms with Crippen molar-refractivity contribution in [3.05, 3.63) is 42.1 Å². The molecule has 2 fully saturated rings. The van der Waals surface area contributed by atoms with Crippen LogP contribution in [0.5, 0.6) is 5.88 Å². The second-order valence-corrected chi connectivity index (χ2v) is 7.62. The summed E-state index contributed by atoms with van der Waals surface area (Å²) in [6.45, 7) is 7.48. The molecule has 4 rings (SSSR count). The van der Waals surface area contributed by atoms with Crippen molar-refractivity contribution in [1.82, 2.24) is 19.7 Å². The van der Waals surface area contributed by atoms with E-state index in [0.29, 0.717) is 12.6 Å². The Kier molecular flexibility index (Phi) is 4.67. The molecule has 0 aliphatic carbocycles. The Balaban J connectivity index is 1.32. The van der Waals surface area contributed by atoms with E-state index in [-0.39, 0.29) is 17.6 Å². The number of hydrogen-bond donors (Lipinski definition) is 0. The topological polar surface area (TPSA) is 52.4 Å².